The standard InChI is InChI=1S/C21H19FN4O2/c1-21(2)10-14-17(15(27)11-21)18(12-5-3-6-13(22)9-12)26-20(23-14)24-19(25-26)16-7-4-8-28-16/h3-9,18H,10-11H2,1-2H3,(H,23,24,25). The van der Waals surface area contributed by atoms with Crippen molar-refractivity contribution in [1.29, 1.82) is 0 Å². The van der Waals surface area contributed by atoms with Crippen LogP contribution in [0.5, 0.6) is 0 Å². The average Bonchev–Trinajstić information content (AvgIpc) is 3.28. The van der Waals surface area contributed by atoms with E-state index in [4.69, 9.17) is 4.42 Å². The minimum Gasteiger partial charge on any atom is -0.461 e. The molecule has 1 atom stereocenters. The molecule has 6 nitrogen and oxygen atoms in total. The summed E-state index contributed by atoms with van der Waals surface area (Å²) in [6.45, 7) is 4.14. The second kappa shape index (κ2) is 5.89. The van der Waals surface area contributed by atoms with E-state index in [1.807, 2.05) is 6.07 Å². The van der Waals surface area contributed by atoms with E-state index in [-0.39, 0.29) is 17.0 Å². The van der Waals surface area contributed by atoms with E-state index in [2.05, 4.69) is 29.2 Å². The Morgan fingerprint density at radius 1 is 1.25 bits per heavy atom. The van der Waals surface area contributed by atoms with Gasteiger partial charge >= 0.3 is 0 Å². The number of allylic oxidation sites excluding steroid dienone is 2. The van der Waals surface area contributed by atoms with Crippen molar-refractivity contribution in [3.8, 4) is 11.6 Å². The molecule has 0 radical (unpaired) electrons. The Bertz CT molecular complexity index is 1110. The molecule has 1 unspecified atom stereocenters. The first-order chi connectivity index (χ1) is 13.4. The quantitative estimate of drug-likeness (QED) is 0.718. The van der Waals surface area contributed by atoms with E-state index in [0.29, 0.717) is 41.5 Å². The fourth-order valence-corrected chi connectivity index (χ4v) is 4.10. The van der Waals surface area contributed by atoms with Gasteiger partial charge in [0.05, 0.1) is 6.26 Å². The molecule has 5 rings (SSSR count). The van der Waals surface area contributed by atoms with Crippen molar-refractivity contribution in [1.82, 2.24) is 14.8 Å². The molecule has 0 spiro atoms. The van der Waals surface area contributed by atoms with Crippen LogP contribution < -0.4 is 5.32 Å². The molecule has 0 bridgehead atoms. The average molecular weight is 378 g/mol. The van der Waals surface area contributed by atoms with E-state index < -0.39 is 6.04 Å². The smallest absolute Gasteiger partial charge is 0.227 e. The maximum Gasteiger partial charge on any atom is 0.227 e. The van der Waals surface area contributed by atoms with Gasteiger partial charge in [-0.3, -0.25) is 4.79 Å². The summed E-state index contributed by atoms with van der Waals surface area (Å²) in [5.41, 5.74) is 1.98. The van der Waals surface area contributed by atoms with Crippen molar-refractivity contribution in [3.63, 3.8) is 0 Å². The minimum atomic E-state index is -0.526. The van der Waals surface area contributed by atoms with Crippen LogP contribution in [0.1, 0.15) is 38.3 Å². The fourth-order valence-electron chi connectivity index (χ4n) is 4.10. The van der Waals surface area contributed by atoms with Gasteiger partial charge in [-0.1, -0.05) is 26.0 Å². The van der Waals surface area contributed by atoms with Gasteiger partial charge in [0.2, 0.25) is 11.8 Å². The van der Waals surface area contributed by atoms with Gasteiger partial charge in [-0.2, -0.15) is 4.98 Å². The monoisotopic (exact) mass is 378 g/mol. The molecule has 0 amide bonds. The maximum absolute atomic E-state index is 14.0. The number of hydrogen-bond acceptors (Lipinski definition) is 5. The SMILES string of the molecule is CC1(C)CC(=O)C2=C(C1)Nc1nc(-c3ccco3)nn1C2c1cccc(F)c1. The Balaban J connectivity index is 1.71. The van der Waals surface area contributed by atoms with E-state index in [0.717, 1.165) is 5.70 Å². The molecular formula is C21H19FN4O2. The molecule has 28 heavy (non-hydrogen) atoms. The number of benzene rings is 1. The third kappa shape index (κ3) is 2.66. The number of hydrogen-bond donors (Lipinski definition) is 1. The summed E-state index contributed by atoms with van der Waals surface area (Å²) in [4.78, 5) is 17.6. The van der Waals surface area contributed by atoms with Crippen molar-refractivity contribution < 1.29 is 13.6 Å². The second-order valence-electron chi connectivity index (χ2n) is 8.10. The first-order valence-corrected chi connectivity index (χ1v) is 9.20. The first kappa shape index (κ1) is 16.9. The predicted octanol–water partition coefficient (Wildman–Crippen LogP) is 4.34. The first-order valence-electron chi connectivity index (χ1n) is 9.20. The van der Waals surface area contributed by atoms with Gasteiger partial charge in [0, 0.05) is 17.7 Å². The molecule has 142 valence electrons. The second-order valence-corrected chi connectivity index (χ2v) is 8.10. The van der Waals surface area contributed by atoms with Gasteiger partial charge in [-0.15, -0.1) is 5.10 Å². The molecule has 2 aromatic heterocycles. The molecular weight excluding hydrogens is 359 g/mol. The number of ketones is 1. The molecule has 2 aliphatic rings. The number of furan rings is 1. The van der Waals surface area contributed by atoms with Crippen LogP contribution >= 0.6 is 0 Å². The van der Waals surface area contributed by atoms with E-state index in [1.165, 1.54) is 12.1 Å². The topological polar surface area (TPSA) is 73.0 Å². The van der Waals surface area contributed by atoms with Crippen LogP contribution in [0.4, 0.5) is 10.3 Å². The van der Waals surface area contributed by atoms with Crippen LogP contribution in [0, 0.1) is 11.2 Å². The molecule has 0 saturated heterocycles. The zero-order valence-electron chi connectivity index (χ0n) is 15.6. The molecule has 3 heterocycles. The Hall–Kier alpha value is -3.22. The number of anilines is 1. The molecule has 1 N–H and O–H groups in total. The number of carbonyl (C=O) groups excluding carboxylic acids is 1. The third-order valence-corrected chi connectivity index (χ3v) is 5.24. The number of nitrogens with one attached hydrogen (secondary N) is 1. The number of nitrogens with zero attached hydrogens (tertiary/aromatic N) is 3. The minimum absolute atomic E-state index is 0.0497. The fraction of sp³-hybridized carbons (Fsp3) is 0.286. The summed E-state index contributed by atoms with van der Waals surface area (Å²) in [7, 11) is 0. The maximum atomic E-state index is 14.0. The number of halogens is 1. The van der Waals surface area contributed by atoms with Crippen LogP contribution in [-0.4, -0.2) is 20.5 Å². The highest BCUT2D eigenvalue weighted by atomic mass is 19.1. The van der Waals surface area contributed by atoms with Crippen LogP contribution in [-0.2, 0) is 4.79 Å². The molecule has 3 aromatic rings. The lowest BCUT2D eigenvalue weighted by Crippen LogP contribution is -2.36. The zero-order valence-corrected chi connectivity index (χ0v) is 15.6. The largest absolute Gasteiger partial charge is 0.461 e. The lowest BCUT2D eigenvalue weighted by atomic mass is 9.73. The molecule has 0 saturated carbocycles. The summed E-state index contributed by atoms with van der Waals surface area (Å²) >= 11 is 0. The Labute approximate surface area is 161 Å². The zero-order chi connectivity index (χ0) is 19.5. The van der Waals surface area contributed by atoms with Crippen molar-refractivity contribution in [2.45, 2.75) is 32.7 Å². The van der Waals surface area contributed by atoms with Crippen LogP contribution in [0.2, 0.25) is 0 Å². The lowest BCUT2D eigenvalue weighted by Gasteiger charge is -2.38. The van der Waals surface area contributed by atoms with Gasteiger partial charge in [-0.05, 0) is 41.7 Å². The van der Waals surface area contributed by atoms with Crippen molar-refractivity contribution in [2.75, 3.05) is 5.32 Å². The van der Waals surface area contributed by atoms with Crippen molar-refractivity contribution in [3.05, 3.63) is 65.3 Å². The highest BCUT2D eigenvalue weighted by molar-refractivity contribution is 6.00. The van der Waals surface area contributed by atoms with E-state index in [1.54, 1.807) is 29.1 Å². The number of rotatable bonds is 2. The highest BCUT2D eigenvalue weighted by Gasteiger charge is 2.42. The van der Waals surface area contributed by atoms with Crippen molar-refractivity contribution >= 4 is 11.7 Å². The number of fused-ring (bicyclic) bond motifs is 1. The Morgan fingerprint density at radius 3 is 2.86 bits per heavy atom. The normalized spacial score (nSPS) is 20.5. The van der Waals surface area contributed by atoms with E-state index >= 15 is 0 Å². The molecule has 0 fully saturated rings. The van der Waals surface area contributed by atoms with Gasteiger partial charge in [0.25, 0.3) is 0 Å². The molecule has 7 heteroatoms. The van der Waals surface area contributed by atoms with Gasteiger partial charge in [0.15, 0.2) is 11.5 Å². The van der Waals surface area contributed by atoms with Crippen LogP contribution in [0.15, 0.2) is 58.3 Å². The number of Topliss-reactive ketones (excluding diaryl/α,β-unsaturated/α-hetero) is 1. The predicted molar refractivity (Wildman–Crippen MR) is 101 cm³/mol. The Morgan fingerprint density at radius 2 is 2.11 bits per heavy atom. The molecule has 1 aliphatic heterocycles. The van der Waals surface area contributed by atoms with Crippen LogP contribution in [0.3, 0.4) is 0 Å². The summed E-state index contributed by atoms with van der Waals surface area (Å²) < 4.78 is 21.1. The third-order valence-electron chi connectivity index (χ3n) is 5.24. The van der Waals surface area contributed by atoms with Crippen molar-refractivity contribution in [2.24, 2.45) is 5.41 Å². The van der Waals surface area contributed by atoms with E-state index in [9.17, 15) is 9.18 Å². The summed E-state index contributed by atoms with van der Waals surface area (Å²) in [6, 6.07) is 9.32. The molecule has 1 aromatic carbocycles. The highest BCUT2D eigenvalue weighted by Crippen LogP contribution is 2.45. The van der Waals surface area contributed by atoms with Gasteiger partial charge in [0.1, 0.15) is 11.9 Å². The lowest BCUT2D eigenvalue weighted by molar-refractivity contribution is -0.118. The van der Waals surface area contributed by atoms with Gasteiger partial charge in [-0.25, -0.2) is 9.07 Å². The Kier molecular flexibility index (Phi) is 3.56. The summed E-state index contributed by atoms with van der Waals surface area (Å²) in [5, 5.41) is 7.88. The van der Waals surface area contributed by atoms with Crippen LogP contribution in [0.25, 0.3) is 11.6 Å². The number of aromatic nitrogens is 3. The molecule has 1 aliphatic carbocycles. The number of carbonyl (C=O) groups is 1. The van der Waals surface area contributed by atoms with Gasteiger partial charge < -0.3 is 9.73 Å². The summed E-state index contributed by atoms with van der Waals surface area (Å²) in [6.07, 6.45) is 2.71. The summed E-state index contributed by atoms with van der Waals surface area (Å²) in [5.74, 6) is 1.17.